The quantitative estimate of drug-likeness (QED) is 0.451. The van der Waals surface area contributed by atoms with Gasteiger partial charge in [0.15, 0.2) is 0 Å². The second-order valence-corrected chi connectivity index (χ2v) is 9.31. The minimum absolute atomic E-state index is 0.691. The second kappa shape index (κ2) is 6.49. The Morgan fingerprint density at radius 2 is 1.52 bits per heavy atom. The zero-order valence-electron chi connectivity index (χ0n) is 15.8. The Bertz CT molecular complexity index is 1160. The Balaban J connectivity index is 1.95. The number of hydrogen-bond acceptors (Lipinski definition) is 3. The van der Waals surface area contributed by atoms with E-state index in [1.54, 1.807) is 32.7 Å². The average molecular weight is 396 g/mol. The molecule has 0 aliphatic carbocycles. The Morgan fingerprint density at radius 1 is 0.926 bits per heavy atom. The van der Waals surface area contributed by atoms with Crippen molar-refractivity contribution in [2.45, 2.75) is 38.9 Å². The van der Waals surface area contributed by atoms with Gasteiger partial charge in [-0.15, -0.1) is 11.3 Å². The molecule has 1 heterocycles. The van der Waals surface area contributed by atoms with E-state index in [1.165, 1.54) is 15.5 Å². The van der Waals surface area contributed by atoms with Crippen molar-refractivity contribution in [3.63, 3.8) is 0 Å². The fourth-order valence-electron chi connectivity index (χ4n) is 3.11. The Hall–Kier alpha value is -1.59. The van der Waals surface area contributed by atoms with Crippen molar-refractivity contribution in [2.75, 3.05) is 0 Å². The molecule has 1 N–H and O–H groups in total. The van der Waals surface area contributed by atoms with Crippen LogP contribution in [0.4, 0.5) is 0 Å². The molecule has 4 aromatic rings. The number of aliphatic hydroxyl groups is 1. The smallest absolute Gasteiger partial charge is 0.333 e. The van der Waals surface area contributed by atoms with Crippen molar-refractivity contribution < 1.29 is 9.76 Å². The third kappa shape index (κ3) is 3.05. The van der Waals surface area contributed by atoms with E-state index < -0.39 is 11.2 Å². The van der Waals surface area contributed by atoms with Crippen molar-refractivity contribution in [3.8, 4) is 0 Å². The molecule has 0 fully saturated rings. The van der Waals surface area contributed by atoms with Gasteiger partial charge >= 0.3 is 7.48 Å². The van der Waals surface area contributed by atoms with E-state index in [0.717, 1.165) is 20.9 Å². The molecule has 4 rings (SSSR count). The van der Waals surface area contributed by atoms with Crippen LogP contribution in [0.25, 0.3) is 30.9 Å². The first-order valence-electron chi connectivity index (χ1n) is 8.95. The van der Waals surface area contributed by atoms with Crippen molar-refractivity contribution in [2.24, 2.45) is 0 Å². The molecule has 0 bridgehead atoms. The molecule has 1 aromatic heterocycles. The average Bonchev–Trinajstić information content (AvgIpc) is 3.01. The molecule has 0 spiro atoms. The molecule has 0 atom stereocenters. The third-order valence-corrected chi connectivity index (χ3v) is 7.16. The maximum absolute atomic E-state index is 10.4. The molecular weight excluding hydrogens is 375 g/mol. The summed E-state index contributed by atoms with van der Waals surface area (Å²) >= 11 is 8.57. The first-order chi connectivity index (χ1) is 12.7. The summed E-state index contributed by atoms with van der Waals surface area (Å²) < 4.78 is 8.32. The Morgan fingerprint density at radius 3 is 2.19 bits per heavy atom. The fourth-order valence-corrected chi connectivity index (χ4v) is 4.63. The molecule has 1 radical (unpaired) electrons. The predicted octanol–water partition coefficient (Wildman–Crippen LogP) is 5.67. The summed E-state index contributed by atoms with van der Waals surface area (Å²) in [7, 11) is 1.70. The number of hydrogen-bond donors (Lipinski definition) is 1. The van der Waals surface area contributed by atoms with Crippen LogP contribution in [-0.4, -0.2) is 23.8 Å². The van der Waals surface area contributed by atoms with Gasteiger partial charge in [-0.2, -0.15) is 0 Å². The van der Waals surface area contributed by atoms with Crippen LogP contribution in [0.5, 0.6) is 0 Å². The van der Waals surface area contributed by atoms with Gasteiger partial charge in [0.2, 0.25) is 0 Å². The van der Waals surface area contributed by atoms with Gasteiger partial charge in [0.1, 0.15) is 0 Å². The number of halogens is 1. The highest BCUT2D eigenvalue weighted by atomic mass is 35.5. The summed E-state index contributed by atoms with van der Waals surface area (Å²) in [5.74, 6) is 0. The lowest BCUT2D eigenvalue weighted by molar-refractivity contribution is -0.0893. The van der Waals surface area contributed by atoms with Crippen LogP contribution in [0.1, 0.15) is 27.7 Å². The van der Waals surface area contributed by atoms with Gasteiger partial charge in [0.25, 0.3) is 0 Å². The second-order valence-electron chi connectivity index (χ2n) is 7.88. The zero-order valence-corrected chi connectivity index (χ0v) is 17.4. The molecule has 0 aliphatic heterocycles. The zero-order chi connectivity index (χ0) is 19.4. The van der Waals surface area contributed by atoms with Gasteiger partial charge in [0.05, 0.1) is 20.9 Å². The standard InChI is InChI=1S/C22H21BClO2S/c1-21(2,25)22(3,4)26-23-18-14-10-6-5-9-13(14)17-15-11-7-8-12-16(15)27-20(17)19(18)24/h5-12,25H,1-4H3. The van der Waals surface area contributed by atoms with E-state index in [1.807, 2.05) is 26.0 Å². The topological polar surface area (TPSA) is 29.5 Å². The molecule has 27 heavy (non-hydrogen) atoms. The number of benzene rings is 3. The van der Waals surface area contributed by atoms with Crippen LogP contribution in [-0.2, 0) is 4.65 Å². The molecule has 0 saturated heterocycles. The summed E-state index contributed by atoms with van der Waals surface area (Å²) in [4.78, 5) is 0. The number of fused-ring (bicyclic) bond motifs is 5. The molecule has 0 aliphatic rings. The minimum atomic E-state index is -0.993. The Kier molecular flexibility index (Phi) is 4.51. The maximum atomic E-state index is 10.4. The molecule has 5 heteroatoms. The van der Waals surface area contributed by atoms with Gasteiger partial charge in [-0.1, -0.05) is 54.1 Å². The van der Waals surface area contributed by atoms with Crippen LogP contribution < -0.4 is 5.46 Å². The highest BCUT2D eigenvalue weighted by Crippen LogP contribution is 2.41. The Labute approximate surface area is 169 Å². The van der Waals surface area contributed by atoms with Crippen LogP contribution in [0, 0.1) is 0 Å². The SMILES string of the molecule is CC(C)(O)C(C)(C)O[B]c1c(Cl)c2sc3ccccc3c2c2ccccc12. The van der Waals surface area contributed by atoms with E-state index in [0.29, 0.717) is 5.02 Å². The molecule has 0 unspecified atom stereocenters. The first-order valence-corrected chi connectivity index (χ1v) is 10.1. The van der Waals surface area contributed by atoms with Crippen molar-refractivity contribution in [1.82, 2.24) is 0 Å². The lowest BCUT2D eigenvalue weighted by Gasteiger charge is -2.37. The molecular formula is C22H21BClO2S. The molecule has 3 aromatic carbocycles. The first kappa shape index (κ1) is 18.8. The summed E-state index contributed by atoms with van der Waals surface area (Å²) in [5.41, 5.74) is -0.899. The summed E-state index contributed by atoms with van der Waals surface area (Å²) in [5, 5.41) is 15.7. The van der Waals surface area contributed by atoms with Crippen LogP contribution >= 0.6 is 22.9 Å². The third-order valence-electron chi connectivity index (χ3n) is 5.46. The molecule has 137 valence electrons. The summed E-state index contributed by atoms with van der Waals surface area (Å²) in [6, 6.07) is 16.6. The van der Waals surface area contributed by atoms with Crippen molar-refractivity contribution >= 4 is 66.8 Å². The van der Waals surface area contributed by atoms with Crippen molar-refractivity contribution in [1.29, 1.82) is 0 Å². The highest BCUT2D eigenvalue weighted by Gasteiger charge is 2.36. The monoisotopic (exact) mass is 395 g/mol. The largest absolute Gasteiger partial charge is 0.427 e. The van der Waals surface area contributed by atoms with Gasteiger partial charge < -0.3 is 9.76 Å². The maximum Gasteiger partial charge on any atom is 0.333 e. The van der Waals surface area contributed by atoms with E-state index in [9.17, 15) is 5.11 Å². The van der Waals surface area contributed by atoms with Crippen LogP contribution in [0.15, 0.2) is 48.5 Å². The van der Waals surface area contributed by atoms with Crippen molar-refractivity contribution in [3.05, 3.63) is 53.6 Å². The van der Waals surface area contributed by atoms with Gasteiger partial charge in [-0.05, 0) is 50.0 Å². The van der Waals surface area contributed by atoms with Crippen LogP contribution in [0.3, 0.4) is 0 Å². The van der Waals surface area contributed by atoms with Crippen LogP contribution in [0.2, 0.25) is 5.02 Å². The van der Waals surface area contributed by atoms with Gasteiger partial charge in [-0.3, -0.25) is 0 Å². The van der Waals surface area contributed by atoms with E-state index in [4.69, 9.17) is 16.3 Å². The lowest BCUT2D eigenvalue weighted by atomic mass is 9.79. The molecule has 2 nitrogen and oxygen atoms in total. The number of rotatable bonds is 4. The highest BCUT2D eigenvalue weighted by molar-refractivity contribution is 7.26. The lowest BCUT2D eigenvalue weighted by Crippen LogP contribution is -2.49. The number of thiophene rings is 1. The van der Waals surface area contributed by atoms with E-state index in [2.05, 4.69) is 36.4 Å². The predicted molar refractivity (Wildman–Crippen MR) is 119 cm³/mol. The van der Waals surface area contributed by atoms with Gasteiger partial charge in [-0.25, -0.2) is 0 Å². The minimum Gasteiger partial charge on any atom is -0.427 e. The van der Waals surface area contributed by atoms with E-state index >= 15 is 0 Å². The fraction of sp³-hybridized carbons (Fsp3) is 0.273. The summed E-state index contributed by atoms with van der Waals surface area (Å²) in [6.45, 7) is 7.24. The molecule has 0 saturated carbocycles. The summed E-state index contributed by atoms with van der Waals surface area (Å²) in [6.07, 6.45) is 0. The van der Waals surface area contributed by atoms with E-state index in [-0.39, 0.29) is 0 Å². The van der Waals surface area contributed by atoms with Gasteiger partial charge in [0, 0.05) is 15.5 Å². The normalized spacial score (nSPS) is 13.0. The molecule has 0 amide bonds.